The fourth-order valence-corrected chi connectivity index (χ4v) is 4.68. The lowest BCUT2D eigenvalue weighted by molar-refractivity contribution is -0.148. The lowest BCUT2D eigenvalue weighted by atomic mass is 10.1. The van der Waals surface area contributed by atoms with Gasteiger partial charge in [0, 0.05) is 12.6 Å². The number of benzene rings is 2. The van der Waals surface area contributed by atoms with Crippen LogP contribution in [0.25, 0.3) is 10.8 Å². The summed E-state index contributed by atoms with van der Waals surface area (Å²) in [7, 11) is -3.74. The highest BCUT2D eigenvalue weighted by Crippen LogP contribution is 2.19. The largest absolute Gasteiger partial charge is 0.456 e. The van der Waals surface area contributed by atoms with E-state index in [1.165, 1.54) is 18.9 Å². The van der Waals surface area contributed by atoms with E-state index in [1.54, 1.807) is 12.1 Å². The molecule has 162 valence electrons. The van der Waals surface area contributed by atoms with Crippen LogP contribution in [0.15, 0.2) is 47.4 Å². The van der Waals surface area contributed by atoms with Crippen molar-refractivity contribution in [2.24, 2.45) is 0 Å². The topological polar surface area (TPSA) is 102 Å². The van der Waals surface area contributed by atoms with Gasteiger partial charge in [0.2, 0.25) is 10.0 Å². The number of hydrogen-bond donors (Lipinski definition) is 2. The van der Waals surface area contributed by atoms with Crippen molar-refractivity contribution in [3.63, 3.8) is 0 Å². The number of esters is 1. The van der Waals surface area contributed by atoms with Gasteiger partial charge in [-0.25, -0.2) is 13.1 Å². The predicted molar refractivity (Wildman–Crippen MR) is 114 cm³/mol. The Bertz CT molecular complexity index is 982. The van der Waals surface area contributed by atoms with Gasteiger partial charge in [0.05, 0.1) is 11.3 Å². The van der Waals surface area contributed by atoms with E-state index in [2.05, 4.69) is 10.0 Å². The van der Waals surface area contributed by atoms with Crippen molar-refractivity contribution in [1.29, 1.82) is 0 Å². The van der Waals surface area contributed by atoms with Crippen molar-refractivity contribution in [1.82, 2.24) is 10.0 Å². The molecule has 1 aliphatic carbocycles. The van der Waals surface area contributed by atoms with Crippen LogP contribution < -0.4 is 10.0 Å². The molecule has 2 aromatic rings. The molecule has 7 nitrogen and oxygen atoms in total. The number of rotatable bonds is 8. The number of amides is 1. The summed E-state index contributed by atoms with van der Waals surface area (Å²) >= 11 is 0. The number of ether oxygens (including phenoxy) is 1. The molecule has 3 rings (SSSR count). The SMILES string of the molecule is O=C(COC(=O)CCNS(=O)(=O)c1ccc2ccccc2c1)NC1CCCCCC1. The summed E-state index contributed by atoms with van der Waals surface area (Å²) in [5, 5.41) is 4.67. The molecule has 0 heterocycles. The van der Waals surface area contributed by atoms with E-state index in [4.69, 9.17) is 4.74 Å². The average Bonchev–Trinajstić information content (AvgIpc) is 3.00. The average molecular weight is 433 g/mol. The van der Waals surface area contributed by atoms with E-state index < -0.39 is 16.0 Å². The maximum atomic E-state index is 12.4. The Morgan fingerprint density at radius 1 is 0.967 bits per heavy atom. The summed E-state index contributed by atoms with van der Waals surface area (Å²) in [4.78, 5) is 23.9. The van der Waals surface area contributed by atoms with Crippen LogP contribution in [0.5, 0.6) is 0 Å². The highest BCUT2D eigenvalue weighted by Gasteiger charge is 2.17. The summed E-state index contributed by atoms with van der Waals surface area (Å²) in [6, 6.07) is 12.5. The van der Waals surface area contributed by atoms with Crippen LogP contribution in [0.2, 0.25) is 0 Å². The van der Waals surface area contributed by atoms with Gasteiger partial charge in [-0.3, -0.25) is 9.59 Å². The molecule has 0 unspecified atom stereocenters. The van der Waals surface area contributed by atoms with Crippen molar-refractivity contribution < 1.29 is 22.7 Å². The van der Waals surface area contributed by atoms with Gasteiger partial charge in [-0.1, -0.05) is 56.0 Å². The van der Waals surface area contributed by atoms with Crippen LogP contribution in [-0.2, 0) is 24.3 Å². The Hall–Kier alpha value is -2.45. The molecule has 0 aromatic heterocycles. The molecule has 1 fully saturated rings. The Morgan fingerprint density at radius 2 is 1.67 bits per heavy atom. The summed E-state index contributed by atoms with van der Waals surface area (Å²) in [6.07, 6.45) is 6.34. The van der Waals surface area contributed by atoms with Gasteiger partial charge in [0.15, 0.2) is 6.61 Å². The monoisotopic (exact) mass is 432 g/mol. The summed E-state index contributed by atoms with van der Waals surface area (Å²) in [6.45, 7) is -0.439. The Balaban J connectivity index is 1.41. The summed E-state index contributed by atoms with van der Waals surface area (Å²) in [5.74, 6) is -0.931. The van der Waals surface area contributed by atoms with E-state index in [0.29, 0.717) is 0 Å². The number of hydrogen-bond acceptors (Lipinski definition) is 5. The molecule has 0 spiro atoms. The van der Waals surface area contributed by atoms with Crippen molar-refractivity contribution in [2.45, 2.75) is 55.9 Å². The second-order valence-corrected chi connectivity index (χ2v) is 9.34. The minimum Gasteiger partial charge on any atom is -0.456 e. The van der Waals surface area contributed by atoms with Crippen LogP contribution in [0, 0.1) is 0 Å². The molecule has 0 aliphatic heterocycles. The van der Waals surface area contributed by atoms with Crippen molar-refractivity contribution in [3.05, 3.63) is 42.5 Å². The lowest BCUT2D eigenvalue weighted by Crippen LogP contribution is -2.37. The number of sulfonamides is 1. The van der Waals surface area contributed by atoms with Gasteiger partial charge in [-0.2, -0.15) is 0 Å². The van der Waals surface area contributed by atoms with Crippen LogP contribution >= 0.6 is 0 Å². The van der Waals surface area contributed by atoms with E-state index >= 15 is 0 Å². The third-order valence-corrected chi connectivity index (χ3v) is 6.70. The molecule has 1 amide bonds. The second-order valence-electron chi connectivity index (χ2n) is 7.57. The second kappa shape index (κ2) is 10.5. The molecule has 2 N–H and O–H groups in total. The number of fused-ring (bicyclic) bond motifs is 1. The molecule has 1 saturated carbocycles. The Morgan fingerprint density at radius 3 is 2.40 bits per heavy atom. The van der Waals surface area contributed by atoms with Crippen LogP contribution in [0.4, 0.5) is 0 Å². The zero-order valence-electron chi connectivity index (χ0n) is 16.9. The number of nitrogens with one attached hydrogen (secondary N) is 2. The molecule has 30 heavy (non-hydrogen) atoms. The first-order valence-electron chi connectivity index (χ1n) is 10.4. The highest BCUT2D eigenvalue weighted by molar-refractivity contribution is 7.89. The molecule has 0 atom stereocenters. The first-order valence-corrected chi connectivity index (χ1v) is 11.9. The maximum Gasteiger partial charge on any atom is 0.307 e. The summed E-state index contributed by atoms with van der Waals surface area (Å²) in [5.41, 5.74) is 0. The fraction of sp³-hybridized carbons (Fsp3) is 0.455. The quantitative estimate of drug-likeness (QED) is 0.493. The third kappa shape index (κ3) is 6.53. The van der Waals surface area contributed by atoms with Gasteiger partial charge in [0.25, 0.3) is 5.91 Å². The molecule has 8 heteroatoms. The summed E-state index contributed by atoms with van der Waals surface area (Å²) < 4.78 is 32.3. The fourth-order valence-electron chi connectivity index (χ4n) is 3.62. The molecular weight excluding hydrogens is 404 g/mol. The van der Waals surface area contributed by atoms with Gasteiger partial charge in [0.1, 0.15) is 0 Å². The van der Waals surface area contributed by atoms with E-state index in [0.717, 1.165) is 36.5 Å². The van der Waals surface area contributed by atoms with E-state index in [1.807, 2.05) is 24.3 Å². The highest BCUT2D eigenvalue weighted by atomic mass is 32.2. The molecule has 0 radical (unpaired) electrons. The van der Waals surface area contributed by atoms with E-state index in [-0.39, 0.29) is 36.4 Å². The van der Waals surface area contributed by atoms with Crippen LogP contribution in [-0.4, -0.2) is 39.5 Å². The Labute approximate surface area is 177 Å². The van der Waals surface area contributed by atoms with Crippen molar-refractivity contribution in [2.75, 3.05) is 13.2 Å². The Kier molecular flexibility index (Phi) is 7.81. The first kappa shape index (κ1) is 22.2. The van der Waals surface area contributed by atoms with Crippen molar-refractivity contribution in [3.8, 4) is 0 Å². The molecule has 0 saturated heterocycles. The first-order chi connectivity index (χ1) is 14.4. The number of carbonyl (C=O) groups is 2. The zero-order chi connectivity index (χ0) is 21.4. The number of carbonyl (C=O) groups excluding carboxylic acids is 2. The zero-order valence-corrected chi connectivity index (χ0v) is 17.7. The van der Waals surface area contributed by atoms with E-state index in [9.17, 15) is 18.0 Å². The minimum atomic E-state index is -3.74. The maximum absolute atomic E-state index is 12.4. The molecule has 0 bridgehead atoms. The van der Waals surface area contributed by atoms with Gasteiger partial charge < -0.3 is 10.1 Å². The third-order valence-electron chi connectivity index (χ3n) is 5.24. The molecule has 2 aromatic carbocycles. The van der Waals surface area contributed by atoms with Crippen molar-refractivity contribution >= 4 is 32.7 Å². The minimum absolute atomic E-state index is 0.0990. The molecule has 1 aliphatic rings. The normalized spacial score (nSPS) is 15.5. The van der Waals surface area contributed by atoms with Gasteiger partial charge in [-0.05, 0) is 35.7 Å². The predicted octanol–water partition coefficient (Wildman–Crippen LogP) is 2.89. The standard InChI is InChI=1S/C22H28N2O5S/c25-21(24-19-9-3-1-2-4-10-19)16-29-22(26)13-14-23-30(27,28)20-12-11-17-7-5-6-8-18(17)15-20/h5-8,11-12,15,19,23H,1-4,9-10,13-14,16H2,(H,24,25). The van der Waals surface area contributed by atoms with Crippen LogP contribution in [0.3, 0.4) is 0 Å². The van der Waals surface area contributed by atoms with Gasteiger partial charge in [-0.15, -0.1) is 0 Å². The van der Waals surface area contributed by atoms with Gasteiger partial charge >= 0.3 is 5.97 Å². The lowest BCUT2D eigenvalue weighted by Gasteiger charge is -2.16. The molecular formula is C22H28N2O5S. The smallest absolute Gasteiger partial charge is 0.307 e. The van der Waals surface area contributed by atoms with Crippen LogP contribution in [0.1, 0.15) is 44.9 Å².